The lowest BCUT2D eigenvalue weighted by atomic mass is 9.95. The molecule has 194 valence electrons. The van der Waals surface area contributed by atoms with Crippen LogP contribution < -0.4 is 14.2 Å². The third-order valence-corrected chi connectivity index (χ3v) is 5.96. The Labute approximate surface area is 212 Å². The molecule has 36 heavy (non-hydrogen) atoms. The topological polar surface area (TPSA) is 94.5 Å². The first kappa shape index (κ1) is 27.1. The van der Waals surface area contributed by atoms with Gasteiger partial charge in [-0.05, 0) is 49.6 Å². The van der Waals surface area contributed by atoms with E-state index in [2.05, 4.69) is 6.92 Å². The Morgan fingerprint density at radius 3 is 2.47 bits per heavy atom. The van der Waals surface area contributed by atoms with Gasteiger partial charge in [-0.15, -0.1) is 0 Å². The van der Waals surface area contributed by atoms with Crippen LogP contribution in [0.15, 0.2) is 48.0 Å². The molecule has 1 aliphatic heterocycles. The second kappa shape index (κ2) is 13.0. The van der Waals surface area contributed by atoms with Gasteiger partial charge in [-0.25, -0.2) is 0 Å². The van der Waals surface area contributed by atoms with E-state index in [4.69, 9.17) is 18.9 Å². The minimum atomic E-state index is -0.795. The molecule has 1 heterocycles. The molecule has 0 aromatic heterocycles. The molecule has 1 N–H and O–H groups in total. The average Bonchev–Trinajstić information content (AvgIpc) is 3.14. The van der Waals surface area contributed by atoms with Crippen LogP contribution >= 0.6 is 0 Å². The highest BCUT2D eigenvalue weighted by Gasteiger charge is 2.46. The number of benzene rings is 2. The molecule has 1 fully saturated rings. The number of ether oxygens (including phenoxy) is 4. The zero-order chi connectivity index (χ0) is 26.1. The molecule has 1 aliphatic rings. The zero-order valence-electron chi connectivity index (χ0n) is 21.4. The summed E-state index contributed by atoms with van der Waals surface area (Å²) in [6.45, 7) is 5.68. The van der Waals surface area contributed by atoms with Crippen LogP contribution in [0.2, 0.25) is 0 Å². The summed E-state index contributed by atoms with van der Waals surface area (Å²) in [4.78, 5) is 27.8. The summed E-state index contributed by atoms with van der Waals surface area (Å²) in [6.07, 6.45) is 2.45. The van der Waals surface area contributed by atoms with Crippen molar-refractivity contribution < 1.29 is 33.6 Å². The number of likely N-dealkylation sites (tertiary alicyclic amines) is 1. The van der Waals surface area contributed by atoms with Gasteiger partial charge < -0.3 is 29.0 Å². The van der Waals surface area contributed by atoms with Gasteiger partial charge in [0.05, 0.1) is 31.9 Å². The van der Waals surface area contributed by atoms with E-state index < -0.39 is 17.7 Å². The Balaban J connectivity index is 2.10. The summed E-state index contributed by atoms with van der Waals surface area (Å²) in [5, 5.41) is 11.3. The van der Waals surface area contributed by atoms with E-state index in [0.717, 1.165) is 12.8 Å². The molecule has 0 radical (unpaired) electrons. The van der Waals surface area contributed by atoms with Crippen molar-refractivity contribution in [1.82, 2.24) is 4.90 Å². The molecule has 2 aromatic carbocycles. The van der Waals surface area contributed by atoms with Gasteiger partial charge in [0.1, 0.15) is 11.5 Å². The largest absolute Gasteiger partial charge is 0.507 e. The number of rotatable bonds is 13. The maximum atomic E-state index is 13.2. The molecule has 1 saturated heterocycles. The molecule has 8 heteroatoms. The molecule has 0 spiro atoms. The van der Waals surface area contributed by atoms with Crippen LogP contribution in [0.1, 0.15) is 50.3 Å². The summed E-state index contributed by atoms with van der Waals surface area (Å²) in [7, 11) is 3.12. The van der Waals surface area contributed by atoms with Gasteiger partial charge in [0, 0.05) is 25.8 Å². The van der Waals surface area contributed by atoms with E-state index in [-0.39, 0.29) is 17.9 Å². The standard InChI is InChI=1S/C28H35NO7/c1-5-7-16-36-22-13-12-19(18-23(22)34-4)25-24(27(31)28(32)29(25)14-9-15-33-3)26(30)20-10-8-11-21(17-20)35-6-2/h8,10-13,17-18,25,30H,5-7,9,14-16H2,1-4H3. The van der Waals surface area contributed by atoms with Crippen molar-refractivity contribution in [2.45, 2.75) is 39.2 Å². The number of amides is 1. The van der Waals surface area contributed by atoms with Crippen molar-refractivity contribution in [3.8, 4) is 17.2 Å². The fourth-order valence-electron chi connectivity index (χ4n) is 4.19. The summed E-state index contributed by atoms with van der Waals surface area (Å²) in [6, 6.07) is 11.4. The van der Waals surface area contributed by atoms with Crippen molar-refractivity contribution in [3.05, 3.63) is 59.2 Å². The maximum absolute atomic E-state index is 13.2. The van der Waals surface area contributed by atoms with Crippen LogP contribution in [-0.2, 0) is 14.3 Å². The highest BCUT2D eigenvalue weighted by atomic mass is 16.5. The van der Waals surface area contributed by atoms with Crippen LogP contribution in [0, 0.1) is 0 Å². The number of ketones is 1. The van der Waals surface area contributed by atoms with Gasteiger partial charge in [-0.3, -0.25) is 9.59 Å². The van der Waals surface area contributed by atoms with Gasteiger partial charge in [-0.1, -0.05) is 31.5 Å². The number of Topliss-reactive ketones (excluding diaryl/α,β-unsaturated/α-hetero) is 1. The normalized spacial score (nSPS) is 16.9. The quantitative estimate of drug-likeness (QED) is 0.185. The fraction of sp³-hybridized carbons (Fsp3) is 0.429. The molecule has 0 saturated carbocycles. The summed E-state index contributed by atoms with van der Waals surface area (Å²) in [5.74, 6) is -0.0289. The monoisotopic (exact) mass is 497 g/mol. The molecular formula is C28H35NO7. The predicted octanol–water partition coefficient (Wildman–Crippen LogP) is 4.73. The lowest BCUT2D eigenvalue weighted by molar-refractivity contribution is -0.140. The molecule has 0 bridgehead atoms. The number of carbonyl (C=O) groups is 2. The Bertz CT molecular complexity index is 1100. The highest BCUT2D eigenvalue weighted by molar-refractivity contribution is 6.46. The summed E-state index contributed by atoms with van der Waals surface area (Å²) >= 11 is 0. The molecule has 3 rings (SSSR count). The smallest absolute Gasteiger partial charge is 0.295 e. The molecular weight excluding hydrogens is 462 g/mol. The predicted molar refractivity (Wildman–Crippen MR) is 137 cm³/mol. The SMILES string of the molecule is CCCCOc1ccc(C2C(=C(O)c3cccc(OCC)c3)C(=O)C(=O)N2CCCOC)cc1OC. The summed E-state index contributed by atoms with van der Waals surface area (Å²) in [5.41, 5.74) is 1.05. The minimum absolute atomic E-state index is 0.0211. The highest BCUT2D eigenvalue weighted by Crippen LogP contribution is 2.42. The molecule has 1 amide bonds. The van der Waals surface area contributed by atoms with Gasteiger partial charge >= 0.3 is 0 Å². The zero-order valence-corrected chi connectivity index (χ0v) is 21.4. The van der Waals surface area contributed by atoms with Gasteiger partial charge in [0.25, 0.3) is 11.7 Å². The van der Waals surface area contributed by atoms with Crippen molar-refractivity contribution >= 4 is 17.4 Å². The van der Waals surface area contributed by atoms with E-state index >= 15 is 0 Å². The second-order valence-corrected chi connectivity index (χ2v) is 8.41. The number of unbranched alkanes of at least 4 members (excludes halogenated alkanes) is 1. The average molecular weight is 498 g/mol. The molecule has 1 unspecified atom stereocenters. The molecule has 2 aromatic rings. The van der Waals surface area contributed by atoms with E-state index in [1.165, 1.54) is 4.90 Å². The lowest BCUT2D eigenvalue weighted by Crippen LogP contribution is -2.31. The van der Waals surface area contributed by atoms with Crippen LogP contribution in [-0.4, -0.2) is 62.3 Å². The minimum Gasteiger partial charge on any atom is -0.507 e. The Morgan fingerprint density at radius 2 is 1.78 bits per heavy atom. The fourth-order valence-corrected chi connectivity index (χ4v) is 4.19. The van der Waals surface area contributed by atoms with Crippen LogP contribution in [0.3, 0.4) is 0 Å². The number of carbonyl (C=O) groups excluding carboxylic acids is 2. The third kappa shape index (κ3) is 5.99. The van der Waals surface area contributed by atoms with E-state index in [1.54, 1.807) is 56.7 Å². The number of aliphatic hydroxyl groups excluding tert-OH is 1. The van der Waals surface area contributed by atoms with E-state index in [0.29, 0.717) is 54.6 Å². The van der Waals surface area contributed by atoms with E-state index in [9.17, 15) is 14.7 Å². The van der Waals surface area contributed by atoms with Crippen LogP contribution in [0.25, 0.3) is 5.76 Å². The second-order valence-electron chi connectivity index (χ2n) is 8.41. The van der Waals surface area contributed by atoms with Crippen molar-refractivity contribution in [2.75, 3.05) is 40.6 Å². The first-order chi connectivity index (χ1) is 17.5. The molecule has 8 nitrogen and oxygen atoms in total. The lowest BCUT2D eigenvalue weighted by Gasteiger charge is -2.26. The number of hydrogen-bond acceptors (Lipinski definition) is 7. The number of nitrogens with zero attached hydrogens (tertiary/aromatic N) is 1. The maximum Gasteiger partial charge on any atom is 0.295 e. The van der Waals surface area contributed by atoms with E-state index in [1.807, 2.05) is 6.92 Å². The van der Waals surface area contributed by atoms with Crippen molar-refractivity contribution in [3.63, 3.8) is 0 Å². The Kier molecular flexibility index (Phi) is 9.76. The molecule has 0 aliphatic carbocycles. The number of hydrogen-bond donors (Lipinski definition) is 1. The Morgan fingerprint density at radius 1 is 0.972 bits per heavy atom. The van der Waals surface area contributed by atoms with Crippen molar-refractivity contribution in [2.24, 2.45) is 0 Å². The Hall–Kier alpha value is -3.52. The first-order valence-electron chi connectivity index (χ1n) is 12.3. The van der Waals surface area contributed by atoms with Crippen molar-refractivity contribution in [1.29, 1.82) is 0 Å². The van der Waals surface area contributed by atoms with Gasteiger partial charge in [0.2, 0.25) is 0 Å². The number of methoxy groups -OCH3 is 2. The third-order valence-electron chi connectivity index (χ3n) is 5.96. The van der Waals surface area contributed by atoms with Gasteiger partial charge in [-0.2, -0.15) is 0 Å². The van der Waals surface area contributed by atoms with Crippen LogP contribution in [0.5, 0.6) is 17.2 Å². The first-order valence-corrected chi connectivity index (χ1v) is 12.3. The van der Waals surface area contributed by atoms with Gasteiger partial charge in [0.15, 0.2) is 11.5 Å². The molecule has 1 atom stereocenters. The van der Waals surface area contributed by atoms with Crippen LogP contribution in [0.4, 0.5) is 0 Å². The number of aliphatic hydroxyl groups is 1. The summed E-state index contributed by atoms with van der Waals surface area (Å²) < 4.78 is 22.1.